The molecule has 1 atom stereocenters. The third-order valence-corrected chi connectivity index (χ3v) is 10.0. The standard InChI is InChI=1S/C45H55N3O7/c1-31-16-17-36(38(49)26-31)34-14-11-15-35(28-34)37-29-48-39(46-37)27-32(2)40(41(43(50)51-7)55-44(3,4)5)42(48)47-20-18-45(6,19-21-47)54-25-24-52-22-23-53-30-33-12-9-8-10-13-33/h8-17,26-29,41,49H,18-25,30H2,1-7H3/t41-/m0/s1. The maximum atomic E-state index is 13.5. The fraction of sp³-hybridized carbons (Fsp3) is 0.422. The van der Waals surface area contributed by atoms with E-state index in [0.29, 0.717) is 46.1 Å². The highest BCUT2D eigenvalue weighted by Gasteiger charge is 2.37. The van der Waals surface area contributed by atoms with Crippen LogP contribution in [0.4, 0.5) is 5.82 Å². The summed E-state index contributed by atoms with van der Waals surface area (Å²) >= 11 is 0. The van der Waals surface area contributed by atoms with Gasteiger partial charge in [-0.15, -0.1) is 0 Å². The number of esters is 1. The molecule has 0 aliphatic carbocycles. The Labute approximate surface area is 325 Å². The molecule has 1 fully saturated rings. The van der Waals surface area contributed by atoms with Crippen molar-refractivity contribution in [1.29, 1.82) is 0 Å². The van der Waals surface area contributed by atoms with Crippen LogP contribution in [-0.2, 0) is 35.1 Å². The lowest BCUT2D eigenvalue weighted by Crippen LogP contribution is -2.46. The van der Waals surface area contributed by atoms with Gasteiger partial charge in [0.15, 0.2) is 6.10 Å². The summed E-state index contributed by atoms with van der Waals surface area (Å²) in [6.07, 6.45) is 2.61. The molecule has 3 heterocycles. The first-order valence-corrected chi connectivity index (χ1v) is 19.1. The molecule has 6 rings (SSSR count). The van der Waals surface area contributed by atoms with Crippen LogP contribution in [0.5, 0.6) is 5.75 Å². The molecule has 10 heteroatoms. The quantitative estimate of drug-likeness (QED) is 0.0833. The average molecular weight is 750 g/mol. The lowest BCUT2D eigenvalue weighted by atomic mass is 9.92. The molecule has 292 valence electrons. The predicted molar refractivity (Wildman–Crippen MR) is 216 cm³/mol. The minimum Gasteiger partial charge on any atom is -0.507 e. The third-order valence-electron chi connectivity index (χ3n) is 10.0. The molecule has 0 radical (unpaired) electrons. The molecule has 1 saturated heterocycles. The van der Waals surface area contributed by atoms with E-state index in [1.165, 1.54) is 7.11 Å². The predicted octanol–water partition coefficient (Wildman–Crippen LogP) is 8.63. The van der Waals surface area contributed by atoms with E-state index >= 15 is 0 Å². The van der Waals surface area contributed by atoms with Crippen LogP contribution in [0.25, 0.3) is 28.0 Å². The van der Waals surface area contributed by atoms with Crippen molar-refractivity contribution in [2.45, 2.75) is 78.3 Å². The molecule has 5 aromatic rings. The van der Waals surface area contributed by atoms with E-state index in [1.807, 2.05) is 114 Å². The van der Waals surface area contributed by atoms with Gasteiger partial charge in [-0.1, -0.05) is 60.7 Å². The highest BCUT2D eigenvalue weighted by Crippen LogP contribution is 2.40. The number of pyridine rings is 1. The highest BCUT2D eigenvalue weighted by atomic mass is 16.6. The fourth-order valence-corrected chi connectivity index (χ4v) is 7.11. The molecule has 0 unspecified atom stereocenters. The molecule has 0 saturated carbocycles. The first-order chi connectivity index (χ1) is 26.3. The molecule has 1 aliphatic heterocycles. The summed E-state index contributed by atoms with van der Waals surface area (Å²) < 4.78 is 31.9. The van der Waals surface area contributed by atoms with E-state index in [-0.39, 0.29) is 11.4 Å². The van der Waals surface area contributed by atoms with Gasteiger partial charge in [-0.2, -0.15) is 0 Å². The number of aromatic hydroxyl groups is 1. The lowest BCUT2D eigenvalue weighted by molar-refractivity contribution is -0.164. The maximum absolute atomic E-state index is 13.5. The molecule has 1 N–H and O–H groups in total. The van der Waals surface area contributed by atoms with Crippen LogP contribution in [-0.4, -0.2) is 78.3 Å². The number of anilines is 1. The number of aromatic nitrogens is 2. The molecule has 10 nitrogen and oxygen atoms in total. The van der Waals surface area contributed by atoms with Gasteiger partial charge >= 0.3 is 5.97 Å². The molecule has 1 aliphatic rings. The molecule has 0 bridgehead atoms. The second-order valence-electron chi connectivity index (χ2n) is 15.6. The van der Waals surface area contributed by atoms with E-state index in [9.17, 15) is 9.90 Å². The lowest BCUT2D eigenvalue weighted by Gasteiger charge is -2.41. The van der Waals surface area contributed by atoms with Crippen molar-refractivity contribution in [2.24, 2.45) is 0 Å². The van der Waals surface area contributed by atoms with Gasteiger partial charge in [0, 0.05) is 36.0 Å². The molecule has 0 spiro atoms. The van der Waals surface area contributed by atoms with Gasteiger partial charge in [-0.25, -0.2) is 9.78 Å². The zero-order valence-electron chi connectivity index (χ0n) is 33.3. The number of rotatable bonds is 15. The summed E-state index contributed by atoms with van der Waals surface area (Å²) in [5, 5.41) is 10.7. The van der Waals surface area contributed by atoms with Crippen molar-refractivity contribution >= 4 is 17.4 Å². The zero-order chi connectivity index (χ0) is 39.2. The Bertz CT molecular complexity index is 2060. The number of aryl methyl sites for hydroxylation is 2. The smallest absolute Gasteiger partial charge is 0.339 e. The SMILES string of the molecule is COC(=O)[C@@H](OC(C)(C)C)c1c(C)cc2nc(-c3cccc(-c4ccc(C)cc4O)c3)cn2c1N1CCC(C)(OCCOCCOCc2ccccc2)CC1. The topological polar surface area (TPSA) is 104 Å². The van der Waals surface area contributed by atoms with Gasteiger partial charge in [0.1, 0.15) is 17.2 Å². The average Bonchev–Trinajstić information content (AvgIpc) is 3.58. The largest absolute Gasteiger partial charge is 0.507 e. The van der Waals surface area contributed by atoms with Crippen molar-refractivity contribution in [3.63, 3.8) is 0 Å². The van der Waals surface area contributed by atoms with Crippen LogP contribution < -0.4 is 4.90 Å². The number of piperidine rings is 1. The van der Waals surface area contributed by atoms with Gasteiger partial charge in [0.2, 0.25) is 0 Å². The minimum atomic E-state index is -0.957. The normalized spacial score (nSPS) is 15.0. The van der Waals surface area contributed by atoms with Crippen molar-refractivity contribution < 1.29 is 33.6 Å². The molecule has 3 aromatic carbocycles. The number of carbonyl (C=O) groups is 1. The van der Waals surface area contributed by atoms with Crippen LogP contribution in [0.1, 0.15) is 68.9 Å². The van der Waals surface area contributed by atoms with E-state index in [0.717, 1.165) is 68.9 Å². The van der Waals surface area contributed by atoms with E-state index in [1.54, 1.807) is 6.07 Å². The van der Waals surface area contributed by atoms with Gasteiger partial charge in [-0.3, -0.25) is 4.40 Å². The number of phenols is 1. The van der Waals surface area contributed by atoms with Crippen molar-refractivity contribution in [2.75, 3.05) is 51.5 Å². The van der Waals surface area contributed by atoms with Crippen LogP contribution >= 0.6 is 0 Å². The number of nitrogens with zero attached hydrogens (tertiary/aromatic N) is 3. The van der Waals surface area contributed by atoms with E-state index in [2.05, 4.69) is 16.2 Å². The Kier molecular flexibility index (Phi) is 12.6. The fourth-order valence-electron chi connectivity index (χ4n) is 7.11. The summed E-state index contributed by atoms with van der Waals surface area (Å²) in [7, 11) is 1.40. The summed E-state index contributed by atoms with van der Waals surface area (Å²) in [6, 6.07) is 25.9. The molecule has 0 amide bonds. The number of benzene rings is 3. The summed E-state index contributed by atoms with van der Waals surface area (Å²) in [6.45, 7) is 15.9. The van der Waals surface area contributed by atoms with Gasteiger partial charge in [-0.05, 0) is 94.8 Å². The molecule has 55 heavy (non-hydrogen) atoms. The number of carbonyl (C=O) groups excluding carboxylic acids is 1. The van der Waals surface area contributed by atoms with Gasteiger partial charge in [0.25, 0.3) is 0 Å². The number of phenolic OH excluding ortho intramolecular Hbond substituents is 1. The van der Waals surface area contributed by atoms with Crippen molar-refractivity contribution in [1.82, 2.24) is 9.38 Å². The molecular weight excluding hydrogens is 695 g/mol. The summed E-state index contributed by atoms with van der Waals surface area (Å²) in [5.74, 6) is 0.627. The van der Waals surface area contributed by atoms with Crippen LogP contribution in [0.2, 0.25) is 0 Å². The highest BCUT2D eigenvalue weighted by molar-refractivity contribution is 5.81. The molecule has 2 aromatic heterocycles. The Morgan fingerprint density at radius 3 is 2.31 bits per heavy atom. The van der Waals surface area contributed by atoms with E-state index in [4.69, 9.17) is 28.7 Å². The number of hydrogen-bond acceptors (Lipinski definition) is 9. The number of hydrogen-bond donors (Lipinski definition) is 1. The van der Waals surface area contributed by atoms with Crippen LogP contribution in [0, 0.1) is 13.8 Å². The summed E-state index contributed by atoms with van der Waals surface area (Å²) in [4.78, 5) is 20.9. The van der Waals surface area contributed by atoms with Gasteiger partial charge in [0.05, 0.1) is 57.0 Å². The van der Waals surface area contributed by atoms with Crippen molar-refractivity contribution in [3.05, 3.63) is 107 Å². The minimum absolute atomic E-state index is 0.236. The van der Waals surface area contributed by atoms with Crippen LogP contribution in [0.3, 0.4) is 0 Å². The maximum Gasteiger partial charge on any atom is 0.339 e. The number of ether oxygens (including phenoxy) is 5. The monoisotopic (exact) mass is 749 g/mol. The summed E-state index contributed by atoms with van der Waals surface area (Å²) in [5.41, 5.74) is 6.90. The number of methoxy groups -OCH3 is 1. The van der Waals surface area contributed by atoms with Gasteiger partial charge < -0.3 is 33.7 Å². The van der Waals surface area contributed by atoms with E-state index < -0.39 is 17.7 Å². The first kappa shape index (κ1) is 39.9. The third kappa shape index (κ3) is 9.93. The Morgan fingerprint density at radius 2 is 1.60 bits per heavy atom. The molecular formula is C45H55N3O7. The Morgan fingerprint density at radius 1 is 0.891 bits per heavy atom. The van der Waals surface area contributed by atoms with Crippen molar-refractivity contribution in [3.8, 4) is 28.1 Å². The zero-order valence-corrected chi connectivity index (χ0v) is 33.3. The first-order valence-electron chi connectivity index (χ1n) is 19.1. The second kappa shape index (κ2) is 17.4. The Hall–Kier alpha value is -4.74. The second-order valence-corrected chi connectivity index (χ2v) is 15.6. The Balaban J connectivity index is 1.23. The number of imidazole rings is 1. The van der Waals surface area contributed by atoms with Crippen LogP contribution in [0.15, 0.2) is 85.1 Å². The number of fused-ring (bicyclic) bond motifs is 1.